The Kier molecular flexibility index (Phi) is 6.44. The monoisotopic (exact) mass is 405 g/mol. The van der Waals surface area contributed by atoms with E-state index >= 15 is 0 Å². The minimum atomic E-state index is -0.359. The minimum Gasteiger partial charge on any atom is -0.298 e. The second-order valence-corrected chi connectivity index (χ2v) is 9.04. The zero-order valence-corrected chi connectivity index (χ0v) is 17.6. The summed E-state index contributed by atoms with van der Waals surface area (Å²) >= 11 is 2.76. The molecular weight excluding hydrogens is 381 g/mol. The van der Waals surface area contributed by atoms with Crippen LogP contribution in [0.3, 0.4) is 0 Å². The van der Waals surface area contributed by atoms with Crippen LogP contribution in [0.15, 0.2) is 46.3 Å². The molecule has 0 bridgehead atoms. The van der Waals surface area contributed by atoms with E-state index in [0.29, 0.717) is 29.3 Å². The van der Waals surface area contributed by atoms with Crippen molar-refractivity contribution in [3.63, 3.8) is 0 Å². The number of thioether (sulfide) groups is 1. The van der Waals surface area contributed by atoms with Gasteiger partial charge < -0.3 is 0 Å². The number of aromatic nitrogens is 1. The number of halogens is 1. The van der Waals surface area contributed by atoms with Crippen LogP contribution < -0.4 is 4.90 Å². The number of anilines is 2. The Hall–Kier alpha value is -1.57. The van der Waals surface area contributed by atoms with Gasteiger partial charge in [0.25, 0.3) is 5.24 Å². The van der Waals surface area contributed by atoms with Crippen molar-refractivity contribution < 1.29 is 9.18 Å². The van der Waals surface area contributed by atoms with E-state index in [9.17, 15) is 9.18 Å². The zero-order chi connectivity index (χ0) is 19.6. The highest BCUT2D eigenvalue weighted by molar-refractivity contribution is 8.14. The van der Waals surface area contributed by atoms with Crippen LogP contribution in [-0.2, 0) is 0 Å². The molecular formula is C20H24FN3OS2. The summed E-state index contributed by atoms with van der Waals surface area (Å²) in [6.45, 7) is 9.46. The standard InChI is InChI=1S/C20H24FN3OS2/c1-13(2)23(14(3)4)10-11-26-20(25)24-16-12-15(21)7-8-17(16)27-18-6-5-9-22-19(18)24/h5-9,12-14H,10-11H2,1-4H3. The van der Waals surface area contributed by atoms with Crippen molar-refractivity contribution in [1.82, 2.24) is 9.88 Å². The molecule has 7 heteroatoms. The number of carbonyl (C=O) groups is 1. The first-order valence-corrected chi connectivity index (χ1v) is 10.8. The van der Waals surface area contributed by atoms with Gasteiger partial charge in [0, 0.05) is 35.5 Å². The number of hydrogen-bond acceptors (Lipinski definition) is 5. The number of carbonyl (C=O) groups excluding carboxylic acids is 1. The quantitative estimate of drug-likeness (QED) is 0.629. The number of rotatable bonds is 5. The molecule has 2 aromatic rings. The highest BCUT2D eigenvalue weighted by Gasteiger charge is 2.30. The summed E-state index contributed by atoms with van der Waals surface area (Å²) < 4.78 is 13.9. The molecule has 0 saturated carbocycles. The van der Waals surface area contributed by atoms with Gasteiger partial charge in [0.05, 0.1) is 10.6 Å². The lowest BCUT2D eigenvalue weighted by atomic mass is 10.2. The van der Waals surface area contributed by atoms with Crippen molar-refractivity contribution in [1.29, 1.82) is 0 Å². The normalized spacial score (nSPS) is 13.3. The summed E-state index contributed by atoms with van der Waals surface area (Å²) in [5.74, 6) is 0.885. The minimum absolute atomic E-state index is 0.130. The number of benzene rings is 1. The molecule has 144 valence electrons. The Morgan fingerprint density at radius 3 is 2.67 bits per heavy atom. The van der Waals surface area contributed by atoms with Crippen molar-refractivity contribution in [2.24, 2.45) is 0 Å². The summed E-state index contributed by atoms with van der Waals surface area (Å²) in [6, 6.07) is 9.17. The third kappa shape index (κ3) is 4.47. The van der Waals surface area contributed by atoms with Crippen LogP contribution in [0, 0.1) is 5.82 Å². The molecule has 0 unspecified atom stereocenters. The predicted octanol–water partition coefficient (Wildman–Crippen LogP) is 5.80. The molecule has 0 saturated heterocycles. The summed E-state index contributed by atoms with van der Waals surface area (Å²) in [7, 11) is 0. The maximum Gasteiger partial charge on any atom is 0.291 e. The fourth-order valence-corrected chi connectivity index (χ4v) is 5.01. The smallest absolute Gasteiger partial charge is 0.291 e. The average Bonchev–Trinajstić information content (AvgIpc) is 2.62. The zero-order valence-electron chi connectivity index (χ0n) is 16.0. The highest BCUT2D eigenvalue weighted by atomic mass is 32.2. The van der Waals surface area contributed by atoms with E-state index in [-0.39, 0.29) is 11.1 Å². The van der Waals surface area contributed by atoms with Gasteiger partial charge in [-0.25, -0.2) is 9.37 Å². The second kappa shape index (κ2) is 8.63. The van der Waals surface area contributed by atoms with E-state index in [0.717, 1.165) is 16.3 Å². The molecule has 1 aliphatic rings. The Morgan fingerprint density at radius 1 is 1.22 bits per heavy atom. The average molecular weight is 406 g/mol. The van der Waals surface area contributed by atoms with Crippen molar-refractivity contribution in [3.05, 3.63) is 42.3 Å². The second-order valence-electron chi connectivity index (χ2n) is 6.91. The van der Waals surface area contributed by atoms with E-state index in [4.69, 9.17) is 0 Å². The Bertz CT molecular complexity index is 821. The van der Waals surface area contributed by atoms with Gasteiger partial charge >= 0.3 is 0 Å². The maximum atomic E-state index is 13.9. The summed E-state index contributed by atoms with van der Waals surface area (Å²) in [5, 5.41) is -0.130. The molecule has 0 N–H and O–H groups in total. The Morgan fingerprint density at radius 2 is 1.96 bits per heavy atom. The van der Waals surface area contributed by atoms with Crippen molar-refractivity contribution in [2.45, 2.75) is 49.6 Å². The van der Waals surface area contributed by atoms with Gasteiger partial charge in [-0.05, 0) is 58.0 Å². The van der Waals surface area contributed by atoms with Crippen molar-refractivity contribution in [2.75, 3.05) is 17.2 Å². The van der Waals surface area contributed by atoms with E-state index < -0.39 is 0 Å². The van der Waals surface area contributed by atoms with E-state index in [2.05, 4.69) is 37.6 Å². The first-order chi connectivity index (χ1) is 12.9. The third-order valence-corrected chi connectivity index (χ3v) is 6.35. The van der Waals surface area contributed by atoms with Crippen LogP contribution in [0.25, 0.3) is 0 Å². The third-order valence-electron chi connectivity index (χ3n) is 4.43. The predicted molar refractivity (Wildman–Crippen MR) is 112 cm³/mol. The summed E-state index contributed by atoms with van der Waals surface area (Å²) in [4.78, 5) is 23.1. The number of nitrogens with zero attached hydrogens (tertiary/aromatic N) is 3. The lowest BCUT2D eigenvalue weighted by Crippen LogP contribution is -2.39. The van der Waals surface area contributed by atoms with Crippen molar-refractivity contribution >= 4 is 40.3 Å². The molecule has 4 nitrogen and oxygen atoms in total. The lowest BCUT2D eigenvalue weighted by Gasteiger charge is -2.31. The van der Waals surface area contributed by atoms with Gasteiger partial charge in [-0.2, -0.15) is 0 Å². The molecule has 0 fully saturated rings. The van der Waals surface area contributed by atoms with Gasteiger partial charge in [-0.1, -0.05) is 23.5 Å². The number of hydrogen-bond donors (Lipinski definition) is 0. The maximum absolute atomic E-state index is 13.9. The largest absolute Gasteiger partial charge is 0.298 e. The molecule has 1 aromatic carbocycles. The SMILES string of the molecule is CC(C)N(CCSC(=O)N1c2cc(F)ccc2Sc2cccnc21)C(C)C. The van der Waals surface area contributed by atoms with Crippen molar-refractivity contribution in [3.8, 4) is 0 Å². The highest BCUT2D eigenvalue weighted by Crippen LogP contribution is 2.48. The molecule has 0 radical (unpaired) electrons. The number of pyridine rings is 1. The molecule has 1 amide bonds. The molecule has 0 aliphatic carbocycles. The Balaban J connectivity index is 1.81. The van der Waals surface area contributed by atoms with Crippen LogP contribution in [0.5, 0.6) is 0 Å². The molecule has 0 spiro atoms. The van der Waals surface area contributed by atoms with Crippen LogP contribution in [-0.4, -0.2) is 39.5 Å². The molecule has 3 rings (SSSR count). The first-order valence-electron chi connectivity index (χ1n) is 9.03. The van der Waals surface area contributed by atoms with Crippen LogP contribution in [0.2, 0.25) is 0 Å². The molecule has 1 aliphatic heterocycles. The number of amides is 1. The fourth-order valence-electron chi connectivity index (χ4n) is 3.21. The molecule has 0 atom stereocenters. The van der Waals surface area contributed by atoms with E-state index in [1.54, 1.807) is 17.2 Å². The van der Waals surface area contributed by atoms with Crippen LogP contribution in [0.4, 0.5) is 20.7 Å². The summed E-state index contributed by atoms with van der Waals surface area (Å²) in [5.41, 5.74) is 0.563. The molecule has 27 heavy (non-hydrogen) atoms. The van der Waals surface area contributed by atoms with Gasteiger partial charge in [0.15, 0.2) is 5.82 Å². The lowest BCUT2D eigenvalue weighted by molar-refractivity contribution is 0.187. The van der Waals surface area contributed by atoms with Gasteiger partial charge in [0.1, 0.15) is 5.82 Å². The van der Waals surface area contributed by atoms with Gasteiger partial charge in [0.2, 0.25) is 0 Å². The van der Waals surface area contributed by atoms with Gasteiger partial charge in [-0.15, -0.1) is 0 Å². The topological polar surface area (TPSA) is 36.4 Å². The van der Waals surface area contributed by atoms with E-state index in [1.165, 1.54) is 35.7 Å². The number of fused-ring (bicyclic) bond motifs is 2. The molecule has 1 aromatic heterocycles. The summed E-state index contributed by atoms with van der Waals surface area (Å²) in [6.07, 6.45) is 1.66. The van der Waals surface area contributed by atoms with E-state index in [1.807, 2.05) is 12.1 Å². The van der Waals surface area contributed by atoms with Gasteiger partial charge in [-0.3, -0.25) is 14.6 Å². The first kappa shape index (κ1) is 20.2. The molecule has 2 heterocycles. The van der Waals surface area contributed by atoms with Crippen LogP contribution in [0.1, 0.15) is 27.7 Å². The van der Waals surface area contributed by atoms with Crippen LogP contribution >= 0.6 is 23.5 Å². The Labute approximate surface area is 168 Å². The fraction of sp³-hybridized carbons (Fsp3) is 0.400.